The molecule has 1 aliphatic rings. The molecule has 0 radical (unpaired) electrons. The van der Waals surface area contributed by atoms with Crippen LogP contribution in [-0.2, 0) is 6.54 Å². The minimum atomic E-state index is -0.253. The van der Waals surface area contributed by atoms with E-state index in [0.717, 1.165) is 26.2 Å². The van der Waals surface area contributed by atoms with E-state index in [1.54, 1.807) is 0 Å². The van der Waals surface area contributed by atoms with E-state index < -0.39 is 0 Å². The number of aromatic amines is 1. The molecule has 0 amide bonds. The number of hydrogen-bond acceptors (Lipinski definition) is 3. The average Bonchev–Trinajstić information content (AvgIpc) is 2.90. The zero-order valence-corrected chi connectivity index (χ0v) is 9.65. The van der Waals surface area contributed by atoms with E-state index in [-0.39, 0.29) is 6.10 Å². The van der Waals surface area contributed by atoms with Gasteiger partial charge >= 0.3 is 0 Å². The summed E-state index contributed by atoms with van der Waals surface area (Å²) in [5.74, 6) is 0. The van der Waals surface area contributed by atoms with Gasteiger partial charge in [0.15, 0.2) is 0 Å². The summed E-state index contributed by atoms with van der Waals surface area (Å²) < 4.78 is 0. The zero-order chi connectivity index (χ0) is 11.2. The Labute approximate surface area is 96.7 Å². The summed E-state index contributed by atoms with van der Waals surface area (Å²) in [5, 5.41) is 13.1. The molecule has 1 aromatic heterocycles. The van der Waals surface area contributed by atoms with Crippen molar-refractivity contribution in [2.75, 3.05) is 26.2 Å². The summed E-state index contributed by atoms with van der Waals surface area (Å²) >= 11 is 0. The third-order valence-corrected chi connectivity index (χ3v) is 3.04. The summed E-state index contributed by atoms with van der Waals surface area (Å²) in [6, 6.07) is 2.04. The van der Waals surface area contributed by atoms with Crippen molar-refractivity contribution >= 4 is 0 Å². The molecule has 4 nitrogen and oxygen atoms in total. The van der Waals surface area contributed by atoms with Crippen molar-refractivity contribution in [3.63, 3.8) is 0 Å². The molecule has 16 heavy (non-hydrogen) atoms. The molecule has 1 unspecified atom stereocenters. The molecule has 1 aromatic rings. The number of rotatable bonds is 6. The molecule has 0 aliphatic carbocycles. The van der Waals surface area contributed by atoms with E-state index in [9.17, 15) is 5.11 Å². The van der Waals surface area contributed by atoms with Crippen molar-refractivity contribution in [2.24, 2.45) is 0 Å². The highest BCUT2D eigenvalue weighted by Gasteiger charge is 2.15. The van der Waals surface area contributed by atoms with Crippen LogP contribution >= 0.6 is 0 Å². The van der Waals surface area contributed by atoms with Crippen LogP contribution in [0, 0.1) is 0 Å². The Morgan fingerprint density at radius 2 is 2.25 bits per heavy atom. The number of aliphatic hydroxyl groups is 1. The molecule has 0 saturated carbocycles. The van der Waals surface area contributed by atoms with Gasteiger partial charge in [0.1, 0.15) is 0 Å². The number of likely N-dealkylation sites (tertiary alicyclic amines) is 1. The van der Waals surface area contributed by atoms with Crippen LogP contribution in [0.5, 0.6) is 0 Å². The number of H-pyrrole nitrogens is 1. The Hall–Kier alpha value is -0.840. The maximum Gasteiger partial charge on any atom is 0.0791 e. The third kappa shape index (κ3) is 3.63. The standard InChI is InChI=1S/C12H21N3O/c16-12(10-15-5-1-2-6-15)9-14-8-11-3-4-13-7-11/h3-4,7,12-14,16H,1-2,5-6,8-10H2. The molecule has 4 heteroatoms. The normalized spacial score (nSPS) is 19.1. The average molecular weight is 223 g/mol. The molecule has 2 rings (SSSR count). The summed E-state index contributed by atoms with van der Waals surface area (Å²) in [7, 11) is 0. The summed E-state index contributed by atoms with van der Waals surface area (Å²) in [4.78, 5) is 5.35. The zero-order valence-electron chi connectivity index (χ0n) is 9.65. The largest absolute Gasteiger partial charge is 0.390 e. The van der Waals surface area contributed by atoms with Gasteiger partial charge in [0, 0.05) is 32.0 Å². The summed E-state index contributed by atoms with van der Waals surface area (Å²) in [5.41, 5.74) is 1.23. The van der Waals surface area contributed by atoms with E-state index in [0.29, 0.717) is 6.54 Å². The van der Waals surface area contributed by atoms with Gasteiger partial charge in [0.25, 0.3) is 0 Å². The Kier molecular flexibility index (Phi) is 4.39. The van der Waals surface area contributed by atoms with Crippen molar-refractivity contribution in [3.8, 4) is 0 Å². The van der Waals surface area contributed by atoms with Gasteiger partial charge in [0.05, 0.1) is 6.10 Å². The number of nitrogens with zero attached hydrogens (tertiary/aromatic N) is 1. The van der Waals surface area contributed by atoms with Gasteiger partial charge in [-0.2, -0.15) is 0 Å². The van der Waals surface area contributed by atoms with E-state index in [1.165, 1.54) is 18.4 Å². The molecule has 1 saturated heterocycles. The highest BCUT2D eigenvalue weighted by Crippen LogP contribution is 2.07. The van der Waals surface area contributed by atoms with E-state index in [1.807, 2.05) is 18.5 Å². The SMILES string of the molecule is OC(CNCc1cc[nH]c1)CN1CCCC1. The molecule has 0 spiro atoms. The van der Waals surface area contributed by atoms with E-state index >= 15 is 0 Å². The Balaban J connectivity index is 1.58. The topological polar surface area (TPSA) is 51.3 Å². The predicted octanol–water partition coefficient (Wildman–Crippen LogP) is 0.561. The lowest BCUT2D eigenvalue weighted by Crippen LogP contribution is -2.36. The van der Waals surface area contributed by atoms with Crippen LogP contribution in [0.1, 0.15) is 18.4 Å². The number of nitrogens with one attached hydrogen (secondary N) is 2. The highest BCUT2D eigenvalue weighted by molar-refractivity contribution is 5.07. The van der Waals surface area contributed by atoms with Gasteiger partial charge in [-0.15, -0.1) is 0 Å². The first kappa shape index (κ1) is 11.6. The molecule has 2 heterocycles. The number of aliphatic hydroxyl groups excluding tert-OH is 1. The quantitative estimate of drug-likeness (QED) is 0.660. The number of aromatic nitrogens is 1. The third-order valence-electron chi connectivity index (χ3n) is 3.04. The maximum absolute atomic E-state index is 9.83. The highest BCUT2D eigenvalue weighted by atomic mass is 16.3. The van der Waals surface area contributed by atoms with Gasteiger partial charge in [-0.05, 0) is 37.6 Å². The molecule has 1 aliphatic heterocycles. The Morgan fingerprint density at radius 1 is 1.44 bits per heavy atom. The molecular formula is C12H21N3O. The van der Waals surface area contributed by atoms with Gasteiger partial charge in [-0.1, -0.05) is 0 Å². The lowest BCUT2D eigenvalue weighted by atomic mass is 10.3. The van der Waals surface area contributed by atoms with Crippen molar-refractivity contribution in [2.45, 2.75) is 25.5 Å². The molecule has 0 bridgehead atoms. The molecule has 3 N–H and O–H groups in total. The van der Waals surface area contributed by atoms with E-state index in [4.69, 9.17) is 0 Å². The Morgan fingerprint density at radius 3 is 2.94 bits per heavy atom. The summed E-state index contributed by atoms with van der Waals surface area (Å²) in [6.45, 7) is 4.59. The van der Waals surface area contributed by atoms with Crippen LogP contribution in [0.15, 0.2) is 18.5 Å². The van der Waals surface area contributed by atoms with E-state index in [2.05, 4.69) is 15.2 Å². The lowest BCUT2D eigenvalue weighted by molar-refractivity contribution is 0.123. The molecule has 0 aromatic carbocycles. The van der Waals surface area contributed by atoms with Gasteiger partial charge in [-0.3, -0.25) is 0 Å². The van der Waals surface area contributed by atoms with Crippen LogP contribution in [0.3, 0.4) is 0 Å². The molecule has 1 fully saturated rings. The van der Waals surface area contributed by atoms with Gasteiger partial charge in [0.2, 0.25) is 0 Å². The van der Waals surface area contributed by atoms with Crippen LogP contribution in [-0.4, -0.2) is 47.3 Å². The second-order valence-electron chi connectivity index (χ2n) is 4.51. The molecule has 1 atom stereocenters. The van der Waals surface area contributed by atoms with Crippen molar-refractivity contribution < 1.29 is 5.11 Å². The van der Waals surface area contributed by atoms with Gasteiger partial charge in [-0.25, -0.2) is 0 Å². The smallest absolute Gasteiger partial charge is 0.0791 e. The monoisotopic (exact) mass is 223 g/mol. The minimum Gasteiger partial charge on any atom is -0.390 e. The second kappa shape index (κ2) is 6.03. The van der Waals surface area contributed by atoms with Crippen molar-refractivity contribution in [1.82, 2.24) is 15.2 Å². The fourth-order valence-electron chi connectivity index (χ4n) is 2.18. The van der Waals surface area contributed by atoms with Crippen LogP contribution in [0.4, 0.5) is 0 Å². The fourth-order valence-corrected chi connectivity index (χ4v) is 2.18. The maximum atomic E-state index is 9.83. The fraction of sp³-hybridized carbons (Fsp3) is 0.667. The summed E-state index contributed by atoms with van der Waals surface area (Å²) in [6.07, 6.45) is 6.20. The van der Waals surface area contributed by atoms with Crippen LogP contribution in [0.2, 0.25) is 0 Å². The molecule has 90 valence electrons. The first-order valence-electron chi connectivity index (χ1n) is 6.07. The van der Waals surface area contributed by atoms with Crippen LogP contribution in [0.25, 0.3) is 0 Å². The van der Waals surface area contributed by atoms with Crippen molar-refractivity contribution in [3.05, 3.63) is 24.0 Å². The van der Waals surface area contributed by atoms with Gasteiger partial charge < -0.3 is 20.3 Å². The number of hydrogen-bond donors (Lipinski definition) is 3. The molecular weight excluding hydrogens is 202 g/mol. The number of β-amino-alcohol motifs (C(OH)–C–C–N with tert-alkyl or cyclic N) is 1. The lowest BCUT2D eigenvalue weighted by Gasteiger charge is -2.19. The first-order chi connectivity index (χ1) is 7.84. The Bertz CT molecular complexity index is 280. The first-order valence-corrected chi connectivity index (χ1v) is 6.07. The second-order valence-corrected chi connectivity index (χ2v) is 4.51. The van der Waals surface area contributed by atoms with Crippen LogP contribution < -0.4 is 5.32 Å². The predicted molar refractivity (Wildman–Crippen MR) is 64.2 cm³/mol. The minimum absolute atomic E-state index is 0.253. The van der Waals surface area contributed by atoms with Crippen molar-refractivity contribution in [1.29, 1.82) is 0 Å².